The fraction of sp³-hybridized carbons (Fsp3) is 0.143. The summed E-state index contributed by atoms with van der Waals surface area (Å²) in [7, 11) is 0. The fourth-order valence-electron chi connectivity index (χ4n) is 1.40. The summed E-state index contributed by atoms with van der Waals surface area (Å²) in [5.41, 5.74) is 7.90. The summed E-state index contributed by atoms with van der Waals surface area (Å²) in [4.78, 5) is 11.0. The van der Waals surface area contributed by atoms with Crippen LogP contribution in [0.25, 0.3) is 5.70 Å². The summed E-state index contributed by atoms with van der Waals surface area (Å²) in [6, 6.07) is 7.34. The molecule has 106 valence electrons. The van der Waals surface area contributed by atoms with E-state index in [9.17, 15) is 4.79 Å². The Morgan fingerprint density at radius 3 is 2.80 bits per heavy atom. The lowest BCUT2D eigenvalue weighted by molar-refractivity contribution is -0.114. The minimum absolute atomic E-state index is 0.117. The van der Waals surface area contributed by atoms with E-state index in [0.29, 0.717) is 23.0 Å². The van der Waals surface area contributed by atoms with Crippen LogP contribution < -0.4 is 21.5 Å². The van der Waals surface area contributed by atoms with Gasteiger partial charge in [-0.1, -0.05) is 24.8 Å². The maximum absolute atomic E-state index is 11.0. The fourth-order valence-corrected chi connectivity index (χ4v) is 1.54. The molecular weight excluding hydrogens is 272 g/mol. The first-order chi connectivity index (χ1) is 9.52. The summed E-state index contributed by atoms with van der Waals surface area (Å²) in [6.07, 6.45) is 1.71. The van der Waals surface area contributed by atoms with Gasteiger partial charge in [0.25, 0.3) is 0 Å². The van der Waals surface area contributed by atoms with Crippen molar-refractivity contribution >= 4 is 34.6 Å². The van der Waals surface area contributed by atoms with Crippen molar-refractivity contribution < 1.29 is 4.79 Å². The Kier molecular flexibility index (Phi) is 6.25. The van der Waals surface area contributed by atoms with Gasteiger partial charge in [0.2, 0.25) is 5.91 Å². The summed E-state index contributed by atoms with van der Waals surface area (Å²) < 4.78 is 0. The Labute approximate surface area is 124 Å². The number of amides is 1. The van der Waals surface area contributed by atoms with Crippen LogP contribution in [0.3, 0.4) is 0 Å². The van der Waals surface area contributed by atoms with E-state index in [-0.39, 0.29) is 5.91 Å². The van der Waals surface area contributed by atoms with Crippen LogP contribution in [0.4, 0.5) is 5.69 Å². The minimum Gasteiger partial charge on any atom is -0.358 e. The van der Waals surface area contributed by atoms with E-state index in [1.807, 2.05) is 24.3 Å². The standard InChI is InChI=1S/C14H18N4OS/c1-4-8-15-14(20)18-17-10(2)12-6-5-7-13(9-12)16-11(3)19/h4-7,9,17H,1-2,8H2,3H3,(H,16,19)(H2,15,18,20). The highest BCUT2D eigenvalue weighted by molar-refractivity contribution is 7.80. The molecule has 6 heteroatoms. The Balaban J connectivity index is 2.56. The molecule has 0 unspecified atom stereocenters. The first-order valence-electron chi connectivity index (χ1n) is 6.00. The lowest BCUT2D eigenvalue weighted by Gasteiger charge is -2.14. The smallest absolute Gasteiger partial charge is 0.221 e. The largest absolute Gasteiger partial charge is 0.358 e. The van der Waals surface area contributed by atoms with E-state index < -0.39 is 0 Å². The molecule has 20 heavy (non-hydrogen) atoms. The Hall–Kier alpha value is -2.34. The molecule has 0 aliphatic rings. The number of benzene rings is 1. The minimum atomic E-state index is -0.117. The molecule has 0 atom stereocenters. The van der Waals surface area contributed by atoms with Crippen molar-refractivity contribution in [1.82, 2.24) is 16.2 Å². The van der Waals surface area contributed by atoms with Crippen LogP contribution in [-0.2, 0) is 4.79 Å². The van der Waals surface area contributed by atoms with Crippen molar-refractivity contribution in [3.8, 4) is 0 Å². The third-order valence-electron chi connectivity index (χ3n) is 2.27. The summed E-state index contributed by atoms with van der Waals surface area (Å²) in [5.74, 6) is -0.117. The molecular formula is C14H18N4OS. The average molecular weight is 290 g/mol. The van der Waals surface area contributed by atoms with E-state index in [0.717, 1.165) is 5.56 Å². The molecule has 1 amide bonds. The van der Waals surface area contributed by atoms with Crippen LogP contribution in [0.1, 0.15) is 12.5 Å². The summed E-state index contributed by atoms with van der Waals surface area (Å²) in [6.45, 7) is 9.53. The Morgan fingerprint density at radius 1 is 1.40 bits per heavy atom. The van der Waals surface area contributed by atoms with Crippen LogP contribution >= 0.6 is 12.2 Å². The molecule has 0 aliphatic heterocycles. The van der Waals surface area contributed by atoms with Crippen molar-refractivity contribution in [3.63, 3.8) is 0 Å². The first-order valence-corrected chi connectivity index (χ1v) is 6.41. The van der Waals surface area contributed by atoms with Crippen molar-refractivity contribution in [2.24, 2.45) is 0 Å². The number of anilines is 1. The molecule has 5 nitrogen and oxygen atoms in total. The number of carbonyl (C=O) groups excluding carboxylic acids is 1. The highest BCUT2D eigenvalue weighted by Gasteiger charge is 2.02. The molecule has 0 aromatic heterocycles. The van der Waals surface area contributed by atoms with Crippen molar-refractivity contribution in [1.29, 1.82) is 0 Å². The lowest BCUT2D eigenvalue weighted by atomic mass is 10.1. The first kappa shape index (κ1) is 15.7. The predicted octanol–water partition coefficient (Wildman–Crippen LogP) is 1.77. The van der Waals surface area contributed by atoms with Gasteiger partial charge in [-0.2, -0.15) is 0 Å². The van der Waals surface area contributed by atoms with Gasteiger partial charge in [-0.15, -0.1) is 6.58 Å². The SMILES string of the molecule is C=CCNC(=S)NNC(=C)c1cccc(NC(C)=O)c1. The maximum Gasteiger partial charge on any atom is 0.221 e. The average Bonchev–Trinajstić information content (AvgIpc) is 2.42. The van der Waals surface area contributed by atoms with Crippen molar-refractivity contribution in [2.75, 3.05) is 11.9 Å². The molecule has 0 heterocycles. The van der Waals surface area contributed by atoms with E-state index in [1.54, 1.807) is 6.08 Å². The number of hydrazine groups is 1. The zero-order chi connectivity index (χ0) is 15.0. The van der Waals surface area contributed by atoms with Crippen molar-refractivity contribution in [2.45, 2.75) is 6.92 Å². The van der Waals surface area contributed by atoms with Gasteiger partial charge in [-0.25, -0.2) is 0 Å². The van der Waals surface area contributed by atoms with Gasteiger partial charge in [-0.05, 0) is 24.4 Å². The number of nitrogens with one attached hydrogen (secondary N) is 4. The van der Waals surface area contributed by atoms with Crippen LogP contribution in [0.15, 0.2) is 43.5 Å². The lowest BCUT2D eigenvalue weighted by Crippen LogP contribution is -2.42. The molecule has 0 aliphatic carbocycles. The van der Waals surface area contributed by atoms with Gasteiger partial charge >= 0.3 is 0 Å². The third-order valence-corrected chi connectivity index (χ3v) is 2.51. The molecule has 0 saturated heterocycles. The van der Waals surface area contributed by atoms with E-state index in [4.69, 9.17) is 12.2 Å². The Bertz CT molecular complexity index is 528. The van der Waals surface area contributed by atoms with Crippen LogP contribution in [0, 0.1) is 0 Å². The molecule has 1 rings (SSSR count). The monoisotopic (exact) mass is 290 g/mol. The Morgan fingerprint density at radius 2 is 2.15 bits per heavy atom. The number of hydrogen-bond acceptors (Lipinski definition) is 3. The summed E-state index contributed by atoms with van der Waals surface area (Å²) in [5, 5.41) is 6.08. The molecule has 1 aromatic carbocycles. The molecule has 1 aromatic rings. The van der Waals surface area contributed by atoms with Crippen LogP contribution in [0.2, 0.25) is 0 Å². The van der Waals surface area contributed by atoms with E-state index in [2.05, 4.69) is 34.6 Å². The number of rotatable bonds is 6. The summed E-state index contributed by atoms with van der Waals surface area (Å²) >= 11 is 5.04. The highest BCUT2D eigenvalue weighted by Crippen LogP contribution is 2.15. The molecule has 4 N–H and O–H groups in total. The molecule has 0 saturated carbocycles. The van der Waals surface area contributed by atoms with Gasteiger partial charge in [0, 0.05) is 24.7 Å². The zero-order valence-corrected chi connectivity index (χ0v) is 12.1. The second-order valence-electron chi connectivity index (χ2n) is 3.99. The number of carbonyl (C=O) groups is 1. The van der Waals surface area contributed by atoms with Crippen molar-refractivity contribution in [3.05, 3.63) is 49.1 Å². The van der Waals surface area contributed by atoms with Crippen LogP contribution in [0.5, 0.6) is 0 Å². The van der Waals surface area contributed by atoms with Gasteiger partial charge in [0.15, 0.2) is 5.11 Å². The van der Waals surface area contributed by atoms with E-state index >= 15 is 0 Å². The van der Waals surface area contributed by atoms with Gasteiger partial charge < -0.3 is 10.6 Å². The van der Waals surface area contributed by atoms with Crippen LogP contribution in [-0.4, -0.2) is 17.6 Å². The van der Waals surface area contributed by atoms with E-state index in [1.165, 1.54) is 6.92 Å². The number of hydrogen-bond donors (Lipinski definition) is 4. The molecule has 0 spiro atoms. The molecule has 0 fully saturated rings. The molecule has 0 radical (unpaired) electrons. The van der Waals surface area contributed by atoms with Gasteiger partial charge in [0.05, 0.1) is 5.70 Å². The molecule has 0 bridgehead atoms. The second kappa shape index (κ2) is 7.96. The topological polar surface area (TPSA) is 65.2 Å². The normalized spacial score (nSPS) is 9.25. The quantitative estimate of drug-likeness (QED) is 0.365. The maximum atomic E-state index is 11.0. The second-order valence-corrected chi connectivity index (χ2v) is 4.40. The zero-order valence-electron chi connectivity index (χ0n) is 11.3. The number of thiocarbonyl (C=S) groups is 1. The van der Waals surface area contributed by atoms with Gasteiger partial charge in [-0.3, -0.25) is 15.6 Å². The highest BCUT2D eigenvalue weighted by atomic mass is 32.1. The predicted molar refractivity (Wildman–Crippen MR) is 86.8 cm³/mol. The third kappa shape index (κ3) is 5.53. The van der Waals surface area contributed by atoms with Gasteiger partial charge in [0.1, 0.15) is 0 Å².